The zero-order valence-electron chi connectivity index (χ0n) is 9.60. The maximum absolute atomic E-state index is 10.7. The first-order valence-electron chi connectivity index (χ1n) is 5.90. The van der Waals surface area contributed by atoms with Crippen LogP contribution < -0.4 is 5.32 Å². The van der Waals surface area contributed by atoms with Crippen LogP contribution in [0.3, 0.4) is 0 Å². The fourth-order valence-corrected chi connectivity index (χ4v) is 2.26. The molecule has 2 rings (SSSR count). The van der Waals surface area contributed by atoms with Crippen molar-refractivity contribution in [2.45, 2.75) is 18.9 Å². The van der Waals surface area contributed by atoms with Crippen molar-refractivity contribution in [3.05, 3.63) is 35.4 Å². The first kappa shape index (κ1) is 12.1. The van der Waals surface area contributed by atoms with Gasteiger partial charge in [-0.2, -0.15) is 0 Å². The molecule has 1 aliphatic rings. The van der Waals surface area contributed by atoms with Crippen molar-refractivity contribution in [3.8, 4) is 0 Å². The van der Waals surface area contributed by atoms with Crippen LogP contribution in [0.2, 0.25) is 0 Å². The largest absolute Gasteiger partial charge is 0.478 e. The molecule has 3 N–H and O–H groups in total. The Morgan fingerprint density at radius 1 is 1.24 bits per heavy atom. The molecule has 4 nitrogen and oxygen atoms in total. The molecule has 1 saturated heterocycles. The molecule has 1 aromatic carbocycles. The second kappa shape index (κ2) is 5.29. The van der Waals surface area contributed by atoms with Crippen LogP contribution in [0.25, 0.3) is 0 Å². The monoisotopic (exact) mass is 235 g/mol. The SMILES string of the molecule is O=C(O)c1ccc(C(O)C2CCNCC2)cc1. The van der Waals surface area contributed by atoms with Crippen molar-refractivity contribution in [2.24, 2.45) is 5.92 Å². The molecule has 1 unspecified atom stereocenters. The fraction of sp³-hybridized carbons (Fsp3) is 0.462. The third-order valence-electron chi connectivity index (χ3n) is 3.33. The third kappa shape index (κ3) is 2.84. The van der Waals surface area contributed by atoms with E-state index in [4.69, 9.17) is 5.11 Å². The number of aliphatic hydroxyl groups is 1. The molecule has 17 heavy (non-hydrogen) atoms. The van der Waals surface area contributed by atoms with Crippen LogP contribution in [0, 0.1) is 5.92 Å². The molecule has 1 heterocycles. The van der Waals surface area contributed by atoms with Gasteiger partial charge in [-0.1, -0.05) is 12.1 Å². The van der Waals surface area contributed by atoms with E-state index in [-0.39, 0.29) is 11.5 Å². The minimum Gasteiger partial charge on any atom is -0.478 e. The summed E-state index contributed by atoms with van der Waals surface area (Å²) in [5.74, 6) is -0.667. The smallest absolute Gasteiger partial charge is 0.335 e. The van der Waals surface area contributed by atoms with Crippen LogP contribution in [0.1, 0.15) is 34.9 Å². The average molecular weight is 235 g/mol. The van der Waals surface area contributed by atoms with Crippen LogP contribution >= 0.6 is 0 Å². The molecule has 0 radical (unpaired) electrons. The summed E-state index contributed by atoms with van der Waals surface area (Å²) in [7, 11) is 0. The van der Waals surface area contributed by atoms with Gasteiger partial charge in [-0.05, 0) is 49.5 Å². The molecule has 1 aliphatic heterocycles. The Bertz CT molecular complexity index is 382. The highest BCUT2D eigenvalue weighted by molar-refractivity contribution is 5.87. The molecule has 1 aromatic rings. The van der Waals surface area contributed by atoms with Crippen molar-refractivity contribution in [3.63, 3.8) is 0 Å². The molecule has 4 heteroatoms. The van der Waals surface area contributed by atoms with Crippen molar-refractivity contribution in [1.29, 1.82) is 0 Å². The van der Waals surface area contributed by atoms with E-state index in [1.54, 1.807) is 24.3 Å². The Hall–Kier alpha value is -1.39. The fourth-order valence-electron chi connectivity index (χ4n) is 2.26. The lowest BCUT2D eigenvalue weighted by atomic mass is 9.88. The van der Waals surface area contributed by atoms with Gasteiger partial charge in [-0.3, -0.25) is 0 Å². The molecule has 0 aromatic heterocycles. The summed E-state index contributed by atoms with van der Waals surface area (Å²) in [5.41, 5.74) is 1.06. The van der Waals surface area contributed by atoms with Gasteiger partial charge in [0.2, 0.25) is 0 Å². The van der Waals surface area contributed by atoms with E-state index in [0.29, 0.717) is 0 Å². The van der Waals surface area contributed by atoms with Crippen LogP contribution in [-0.2, 0) is 0 Å². The summed E-state index contributed by atoms with van der Waals surface area (Å²) >= 11 is 0. The minimum atomic E-state index is -0.937. The maximum Gasteiger partial charge on any atom is 0.335 e. The summed E-state index contributed by atoms with van der Waals surface area (Å²) in [6, 6.07) is 6.50. The lowest BCUT2D eigenvalue weighted by molar-refractivity contribution is 0.0695. The van der Waals surface area contributed by atoms with Crippen molar-refractivity contribution < 1.29 is 15.0 Å². The second-order valence-electron chi connectivity index (χ2n) is 4.46. The number of carboxylic acid groups (broad SMARTS) is 1. The van der Waals surface area contributed by atoms with E-state index in [2.05, 4.69) is 5.32 Å². The van der Waals surface area contributed by atoms with Crippen LogP contribution in [0.15, 0.2) is 24.3 Å². The second-order valence-corrected chi connectivity index (χ2v) is 4.46. The van der Waals surface area contributed by atoms with Gasteiger partial charge in [-0.15, -0.1) is 0 Å². The number of nitrogens with one attached hydrogen (secondary N) is 1. The van der Waals surface area contributed by atoms with Gasteiger partial charge in [0.25, 0.3) is 0 Å². The van der Waals surface area contributed by atoms with Crippen molar-refractivity contribution in [2.75, 3.05) is 13.1 Å². The molecule has 92 valence electrons. The Balaban J connectivity index is 2.07. The van der Waals surface area contributed by atoms with E-state index in [1.165, 1.54) is 0 Å². The number of hydrogen-bond acceptors (Lipinski definition) is 3. The summed E-state index contributed by atoms with van der Waals surface area (Å²) in [6.45, 7) is 1.88. The minimum absolute atomic E-state index is 0.256. The topological polar surface area (TPSA) is 69.6 Å². The molecule has 0 bridgehead atoms. The molecule has 1 fully saturated rings. The number of rotatable bonds is 3. The first-order chi connectivity index (χ1) is 8.18. The number of aliphatic hydroxyl groups excluding tert-OH is 1. The van der Waals surface area contributed by atoms with Gasteiger partial charge >= 0.3 is 5.97 Å². The number of aromatic carboxylic acids is 1. The molecule has 0 amide bonds. The molecular formula is C13H17NO3. The zero-order valence-corrected chi connectivity index (χ0v) is 9.60. The normalized spacial score (nSPS) is 18.9. The van der Waals surface area contributed by atoms with Gasteiger partial charge in [-0.25, -0.2) is 4.79 Å². The van der Waals surface area contributed by atoms with Crippen molar-refractivity contribution in [1.82, 2.24) is 5.32 Å². The molecular weight excluding hydrogens is 218 g/mol. The van der Waals surface area contributed by atoms with Crippen LogP contribution in [0.4, 0.5) is 0 Å². The van der Waals surface area contributed by atoms with E-state index < -0.39 is 12.1 Å². The predicted molar refractivity (Wildman–Crippen MR) is 64.0 cm³/mol. The van der Waals surface area contributed by atoms with Gasteiger partial charge in [0.15, 0.2) is 0 Å². The highest BCUT2D eigenvalue weighted by Crippen LogP contribution is 2.28. The molecule has 0 saturated carbocycles. The summed E-state index contributed by atoms with van der Waals surface area (Å²) in [6.07, 6.45) is 1.43. The Morgan fingerprint density at radius 3 is 2.35 bits per heavy atom. The number of carbonyl (C=O) groups is 1. The van der Waals surface area contributed by atoms with Crippen LogP contribution in [-0.4, -0.2) is 29.3 Å². The quantitative estimate of drug-likeness (QED) is 0.741. The zero-order chi connectivity index (χ0) is 12.3. The highest BCUT2D eigenvalue weighted by Gasteiger charge is 2.22. The number of piperidine rings is 1. The van der Waals surface area contributed by atoms with E-state index >= 15 is 0 Å². The predicted octanol–water partition coefficient (Wildman–Crippen LogP) is 1.42. The Kier molecular flexibility index (Phi) is 3.76. The number of carboxylic acids is 1. The Morgan fingerprint density at radius 2 is 1.82 bits per heavy atom. The summed E-state index contributed by atoms with van der Waals surface area (Å²) in [5, 5.41) is 22.2. The lowest BCUT2D eigenvalue weighted by Gasteiger charge is -2.27. The molecule has 1 atom stereocenters. The lowest BCUT2D eigenvalue weighted by Crippen LogP contribution is -2.30. The number of benzene rings is 1. The molecule has 0 spiro atoms. The first-order valence-corrected chi connectivity index (χ1v) is 5.90. The standard InChI is InChI=1S/C13H17NO3/c15-12(10-5-7-14-8-6-10)9-1-3-11(4-2-9)13(16)17/h1-4,10,12,14-15H,5-8H2,(H,16,17). The van der Waals surface area contributed by atoms with Crippen molar-refractivity contribution >= 4 is 5.97 Å². The molecule has 0 aliphatic carbocycles. The van der Waals surface area contributed by atoms with E-state index in [0.717, 1.165) is 31.5 Å². The Labute approximate surface area is 100 Å². The van der Waals surface area contributed by atoms with Gasteiger partial charge in [0.1, 0.15) is 0 Å². The number of hydrogen-bond donors (Lipinski definition) is 3. The summed E-state index contributed by atoms with van der Waals surface area (Å²) < 4.78 is 0. The van der Waals surface area contributed by atoms with Gasteiger partial charge in [0, 0.05) is 0 Å². The summed E-state index contributed by atoms with van der Waals surface area (Å²) in [4.78, 5) is 10.7. The third-order valence-corrected chi connectivity index (χ3v) is 3.33. The van der Waals surface area contributed by atoms with Gasteiger partial charge in [0.05, 0.1) is 11.7 Å². The average Bonchev–Trinajstić information content (AvgIpc) is 2.39. The highest BCUT2D eigenvalue weighted by atomic mass is 16.4. The van der Waals surface area contributed by atoms with Gasteiger partial charge < -0.3 is 15.5 Å². The van der Waals surface area contributed by atoms with Crippen LogP contribution in [0.5, 0.6) is 0 Å². The van der Waals surface area contributed by atoms with E-state index in [9.17, 15) is 9.90 Å². The maximum atomic E-state index is 10.7. The van der Waals surface area contributed by atoms with E-state index in [1.807, 2.05) is 0 Å².